The van der Waals surface area contributed by atoms with Gasteiger partial charge in [0.05, 0.1) is 28.7 Å². The van der Waals surface area contributed by atoms with Crippen LogP contribution in [0.25, 0.3) is 17.3 Å². The van der Waals surface area contributed by atoms with Crippen molar-refractivity contribution >= 4 is 11.6 Å². The minimum atomic E-state index is -0.487. The molecule has 0 saturated heterocycles. The van der Waals surface area contributed by atoms with Crippen molar-refractivity contribution in [3.63, 3.8) is 0 Å². The van der Waals surface area contributed by atoms with E-state index < -0.39 is 11.7 Å². The Hall–Kier alpha value is -3.88. The van der Waals surface area contributed by atoms with E-state index in [4.69, 9.17) is 4.52 Å². The maximum atomic E-state index is 14.1. The lowest BCUT2D eigenvalue weighted by atomic mass is 10.2. The molecule has 4 aromatic rings. The highest BCUT2D eigenvalue weighted by atomic mass is 19.1. The van der Waals surface area contributed by atoms with Crippen LogP contribution in [0, 0.1) is 19.7 Å². The van der Waals surface area contributed by atoms with E-state index in [9.17, 15) is 9.18 Å². The molecule has 158 valence electrons. The maximum absolute atomic E-state index is 14.1. The summed E-state index contributed by atoms with van der Waals surface area (Å²) in [5, 5.41) is 10.8. The monoisotopic (exact) mass is 420 g/mol. The number of hydrogen-bond acceptors (Lipinski definition) is 6. The molecule has 0 spiro atoms. The highest BCUT2D eigenvalue weighted by Crippen LogP contribution is 2.21. The Balaban J connectivity index is 1.53. The summed E-state index contributed by atoms with van der Waals surface area (Å²) in [5.74, 6) is 0.649. The fourth-order valence-corrected chi connectivity index (χ4v) is 3.11. The molecule has 9 heteroatoms. The summed E-state index contributed by atoms with van der Waals surface area (Å²) in [7, 11) is 0. The van der Waals surface area contributed by atoms with Crippen LogP contribution in [0.4, 0.5) is 10.1 Å². The smallest absolute Gasteiger partial charge is 0.259 e. The number of carbonyl (C=O) groups excluding carboxylic acids is 1. The molecule has 0 unspecified atom stereocenters. The molecular formula is C22H21FN6O2. The molecule has 0 atom stereocenters. The third-order valence-electron chi connectivity index (χ3n) is 4.78. The first-order valence-corrected chi connectivity index (χ1v) is 9.87. The van der Waals surface area contributed by atoms with Crippen LogP contribution < -0.4 is 5.32 Å². The number of pyridine rings is 1. The lowest BCUT2D eigenvalue weighted by Gasteiger charge is -2.08. The van der Waals surface area contributed by atoms with E-state index in [1.807, 2.05) is 6.92 Å². The van der Waals surface area contributed by atoms with Gasteiger partial charge in [0.25, 0.3) is 11.8 Å². The third-order valence-corrected chi connectivity index (χ3v) is 4.78. The minimum Gasteiger partial charge on any atom is -0.334 e. The Bertz CT molecular complexity index is 1230. The van der Waals surface area contributed by atoms with Gasteiger partial charge in [0.2, 0.25) is 0 Å². The number of aryl methyl sites for hydroxylation is 2. The number of nitrogens with one attached hydrogen (secondary N) is 1. The summed E-state index contributed by atoms with van der Waals surface area (Å²) in [5.41, 5.74) is 2.49. The highest BCUT2D eigenvalue weighted by Gasteiger charge is 2.18. The Morgan fingerprint density at radius 3 is 2.74 bits per heavy atom. The number of anilines is 1. The molecule has 0 radical (unpaired) electrons. The van der Waals surface area contributed by atoms with Gasteiger partial charge >= 0.3 is 0 Å². The normalized spacial score (nSPS) is 11.0. The van der Waals surface area contributed by atoms with E-state index in [0.717, 1.165) is 18.4 Å². The first-order chi connectivity index (χ1) is 15.0. The zero-order valence-corrected chi connectivity index (χ0v) is 17.4. The van der Waals surface area contributed by atoms with E-state index in [1.165, 1.54) is 18.3 Å². The third kappa shape index (κ3) is 4.20. The van der Waals surface area contributed by atoms with Gasteiger partial charge in [0.15, 0.2) is 11.6 Å². The van der Waals surface area contributed by atoms with E-state index in [2.05, 4.69) is 25.5 Å². The van der Waals surface area contributed by atoms with Crippen LogP contribution in [0.5, 0.6) is 0 Å². The van der Waals surface area contributed by atoms with Gasteiger partial charge in [0, 0.05) is 12.6 Å². The van der Waals surface area contributed by atoms with Crippen molar-refractivity contribution in [3.05, 3.63) is 71.2 Å². The van der Waals surface area contributed by atoms with Crippen LogP contribution in [0.1, 0.15) is 40.8 Å². The summed E-state index contributed by atoms with van der Waals surface area (Å²) >= 11 is 0. The van der Waals surface area contributed by atoms with Gasteiger partial charge < -0.3 is 9.84 Å². The zero-order valence-electron chi connectivity index (χ0n) is 17.4. The summed E-state index contributed by atoms with van der Waals surface area (Å²) in [6.07, 6.45) is 4.72. The molecule has 0 aliphatic heterocycles. The molecule has 0 bridgehead atoms. The number of halogens is 1. The number of carbonyl (C=O) groups is 1. The van der Waals surface area contributed by atoms with Crippen molar-refractivity contribution in [2.45, 2.75) is 33.6 Å². The Labute approximate surface area is 178 Å². The number of hydrogen-bond donors (Lipinski definition) is 1. The molecule has 1 N–H and O–H groups in total. The molecule has 3 aromatic heterocycles. The fraction of sp³-hybridized carbons (Fsp3) is 0.227. The van der Waals surface area contributed by atoms with Crippen LogP contribution in [0.15, 0.2) is 47.2 Å². The molecule has 0 aliphatic rings. The van der Waals surface area contributed by atoms with E-state index >= 15 is 0 Å². The molecule has 31 heavy (non-hydrogen) atoms. The topological polar surface area (TPSA) is 98.7 Å². The number of benzene rings is 1. The fourth-order valence-electron chi connectivity index (χ4n) is 3.11. The Kier molecular flexibility index (Phi) is 5.57. The van der Waals surface area contributed by atoms with Gasteiger partial charge in [-0.25, -0.2) is 14.1 Å². The van der Waals surface area contributed by atoms with Crippen LogP contribution >= 0.6 is 0 Å². The van der Waals surface area contributed by atoms with Crippen molar-refractivity contribution in [1.29, 1.82) is 0 Å². The van der Waals surface area contributed by atoms with Crippen molar-refractivity contribution in [2.75, 3.05) is 5.32 Å². The molecule has 4 rings (SSSR count). The largest absolute Gasteiger partial charge is 0.334 e. The lowest BCUT2D eigenvalue weighted by Crippen LogP contribution is -2.14. The van der Waals surface area contributed by atoms with E-state index in [-0.39, 0.29) is 5.69 Å². The van der Waals surface area contributed by atoms with Gasteiger partial charge in [-0.2, -0.15) is 10.1 Å². The summed E-state index contributed by atoms with van der Waals surface area (Å²) in [6.45, 7) is 5.58. The molecule has 0 aliphatic carbocycles. The van der Waals surface area contributed by atoms with Crippen LogP contribution in [-0.2, 0) is 6.42 Å². The second-order valence-corrected chi connectivity index (χ2v) is 7.16. The van der Waals surface area contributed by atoms with Gasteiger partial charge in [-0.1, -0.05) is 18.1 Å². The Morgan fingerprint density at radius 1 is 1.19 bits per heavy atom. The highest BCUT2D eigenvalue weighted by molar-refractivity contribution is 6.05. The first kappa shape index (κ1) is 20.4. The molecule has 8 nitrogen and oxygen atoms in total. The number of rotatable bonds is 6. The van der Waals surface area contributed by atoms with E-state index in [1.54, 1.807) is 42.9 Å². The minimum absolute atomic E-state index is 0.118. The van der Waals surface area contributed by atoms with Gasteiger partial charge in [-0.3, -0.25) is 4.79 Å². The zero-order chi connectivity index (χ0) is 22.0. The Morgan fingerprint density at radius 2 is 2.03 bits per heavy atom. The first-order valence-electron chi connectivity index (χ1n) is 9.87. The van der Waals surface area contributed by atoms with Crippen molar-refractivity contribution in [3.8, 4) is 17.3 Å². The SMILES string of the molecule is CCCc1noc(-c2ccc(-n3ncc(C(=O)Nc4ccc(C)cc4F)c3C)nc2)n1. The average molecular weight is 420 g/mol. The molecule has 0 saturated carbocycles. The predicted molar refractivity (Wildman–Crippen MR) is 112 cm³/mol. The number of amides is 1. The number of nitrogens with zero attached hydrogens (tertiary/aromatic N) is 5. The van der Waals surface area contributed by atoms with Crippen LogP contribution in [-0.4, -0.2) is 30.8 Å². The second-order valence-electron chi connectivity index (χ2n) is 7.16. The van der Waals surface area contributed by atoms with Gasteiger partial charge in [0.1, 0.15) is 5.82 Å². The molecule has 1 aromatic carbocycles. The average Bonchev–Trinajstić information content (AvgIpc) is 3.37. The summed E-state index contributed by atoms with van der Waals surface area (Å²) < 4.78 is 20.9. The lowest BCUT2D eigenvalue weighted by molar-refractivity contribution is 0.102. The molecule has 1 amide bonds. The maximum Gasteiger partial charge on any atom is 0.259 e. The molecule has 3 heterocycles. The molecule has 0 fully saturated rings. The van der Waals surface area contributed by atoms with Gasteiger partial charge in [-0.05, 0) is 50.1 Å². The predicted octanol–water partition coefficient (Wildman–Crippen LogP) is 4.28. The van der Waals surface area contributed by atoms with Gasteiger partial charge in [-0.15, -0.1) is 0 Å². The van der Waals surface area contributed by atoms with Crippen molar-refractivity contribution in [1.82, 2.24) is 24.9 Å². The van der Waals surface area contributed by atoms with Crippen molar-refractivity contribution < 1.29 is 13.7 Å². The van der Waals surface area contributed by atoms with Crippen LogP contribution in [0.3, 0.4) is 0 Å². The second kappa shape index (κ2) is 8.47. The summed E-state index contributed by atoms with van der Waals surface area (Å²) in [4.78, 5) is 21.4. The molecular weight excluding hydrogens is 399 g/mol. The summed E-state index contributed by atoms with van der Waals surface area (Å²) in [6, 6.07) is 8.18. The van der Waals surface area contributed by atoms with Crippen LogP contribution in [0.2, 0.25) is 0 Å². The quantitative estimate of drug-likeness (QED) is 0.500. The standard InChI is InChI=1S/C22H21FN6O2/c1-4-5-19-27-22(31-28-19)15-7-9-20(24-11-15)29-14(3)16(12-25-29)21(30)26-18-8-6-13(2)10-17(18)23/h6-12H,4-5H2,1-3H3,(H,26,30). The van der Waals surface area contributed by atoms with E-state index in [0.29, 0.717) is 34.4 Å². The number of aromatic nitrogens is 5. The van der Waals surface area contributed by atoms with Crippen molar-refractivity contribution in [2.24, 2.45) is 0 Å².